The number of urea groups is 1. The lowest BCUT2D eigenvalue weighted by Gasteiger charge is -2.23. The number of halogens is 3. The molecule has 3 rings (SSSR count). The average Bonchev–Trinajstić information content (AvgIpc) is 3.30. The maximum Gasteiger partial charge on any atom is 0.416 e. The molecule has 2 aromatic carbocycles. The predicted octanol–water partition coefficient (Wildman–Crippen LogP) is 6.47. The Morgan fingerprint density at radius 1 is 1.03 bits per heavy atom. The van der Waals surface area contributed by atoms with Gasteiger partial charge in [-0.15, -0.1) is 0 Å². The van der Waals surface area contributed by atoms with E-state index >= 15 is 0 Å². The standard InChI is InChI=1S/C28H34F3N5O3/c1-6-7-15-35(26(38)32-20-10-8-9-19(16-20)28(29,30)31)18-25(37)33-24-17-23(27(2,3)4)34-36(24)21-11-13-22(39-5)14-12-21/h8-14,16-17H,6-7,15,18H2,1-5H3,(H,32,38)(H,33,37). The van der Waals surface area contributed by atoms with Crippen LogP contribution < -0.4 is 15.4 Å². The molecule has 210 valence electrons. The quantitative estimate of drug-likeness (QED) is 0.323. The molecule has 0 spiro atoms. The molecule has 3 amide bonds. The zero-order valence-electron chi connectivity index (χ0n) is 22.7. The molecule has 3 aromatic rings. The molecule has 8 nitrogen and oxygen atoms in total. The molecule has 0 bridgehead atoms. The Bertz CT molecular complexity index is 1280. The number of anilines is 2. The molecule has 0 saturated heterocycles. The molecule has 0 aliphatic carbocycles. The third-order valence-electron chi connectivity index (χ3n) is 5.91. The summed E-state index contributed by atoms with van der Waals surface area (Å²) in [5.41, 5.74) is 0.268. The molecule has 39 heavy (non-hydrogen) atoms. The van der Waals surface area contributed by atoms with Gasteiger partial charge in [0.1, 0.15) is 18.1 Å². The van der Waals surface area contributed by atoms with Crippen LogP contribution in [0.25, 0.3) is 5.69 Å². The number of unbranched alkanes of at least 4 members (excludes halogenated alkanes) is 1. The number of methoxy groups -OCH3 is 1. The molecule has 0 radical (unpaired) electrons. The van der Waals surface area contributed by atoms with Crippen LogP contribution in [-0.4, -0.2) is 46.8 Å². The molecule has 0 aliphatic heterocycles. The normalized spacial score (nSPS) is 11.7. The summed E-state index contributed by atoms with van der Waals surface area (Å²) in [6, 6.07) is 12.7. The third kappa shape index (κ3) is 7.98. The molecular weight excluding hydrogens is 511 g/mol. The first-order valence-electron chi connectivity index (χ1n) is 12.6. The van der Waals surface area contributed by atoms with Crippen molar-refractivity contribution in [2.75, 3.05) is 30.8 Å². The first kappa shape index (κ1) is 29.5. The monoisotopic (exact) mass is 545 g/mol. The van der Waals surface area contributed by atoms with Gasteiger partial charge in [0.15, 0.2) is 0 Å². The fourth-order valence-corrected chi connectivity index (χ4v) is 3.69. The number of nitrogens with one attached hydrogen (secondary N) is 2. The second-order valence-corrected chi connectivity index (χ2v) is 10.1. The van der Waals surface area contributed by atoms with E-state index < -0.39 is 23.7 Å². The highest BCUT2D eigenvalue weighted by molar-refractivity contribution is 5.96. The zero-order valence-corrected chi connectivity index (χ0v) is 22.7. The number of hydrogen-bond donors (Lipinski definition) is 2. The van der Waals surface area contributed by atoms with Gasteiger partial charge in [-0.3, -0.25) is 4.79 Å². The average molecular weight is 546 g/mol. The first-order chi connectivity index (χ1) is 18.3. The fraction of sp³-hybridized carbons (Fsp3) is 0.393. The number of alkyl halides is 3. The second-order valence-electron chi connectivity index (χ2n) is 10.1. The van der Waals surface area contributed by atoms with Crippen molar-refractivity contribution < 1.29 is 27.5 Å². The van der Waals surface area contributed by atoms with Crippen LogP contribution in [0.2, 0.25) is 0 Å². The Labute approximate surface area is 226 Å². The Kier molecular flexibility index (Phi) is 9.26. The summed E-state index contributed by atoms with van der Waals surface area (Å²) in [6.45, 7) is 7.89. The van der Waals surface area contributed by atoms with E-state index in [1.54, 1.807) is 30.0 Å². The highest BCUT2D eigenvalue weighted by Crippen LogP contribution is 2.31. The largest absolute Gasteiger partial charge is 0.497 e. The fourth-order valence-electron chi connectivity index (χ4n) is 3.69. The van der Waals surface area contributed by atoms with Crippen molar-refractivity contribution in [2.24, 2.45) is 0 Å². The van der Waals surface area contributed by atoms with E-state index in [1.807, 2.05) is 39.8 Å². The molecule has 2 N–H and O–H groups in total. The van der Waals surface area contributed by atoms with Crippen LogP contribution in [-0.2, 0) is 16.4 Å². The maximum atomic E-state index is 13.1. The van der Waals surface area contributed by atoms with Crippen molar-refractivity contribution in [3.05, 3.63) is 65.9 Å². The van der Waals surface area contributed by atoms with Gasteiger partial charge in [-0.05, 0) is 48.9 Å². The topological polar surface area (TPSA) is 88.5 Å². The summed E-state index contributed by atoms with van der Waals surface area (Å²) in [5, 5.41) is 10.0. The summed E-state index contributed by atoms with van der Waals surface area (Å²) < 4.78 is 46.1. The molecular formula is C28H34F3N5O3. The van der Waals surface area contributed by atoms with Crippen molar-refractivity contribution >= 4 is 23.4 Å². The Morgan fingerprint density at radius 3 is 2.31 bits per heavy atom. The number of carbonyl (C=O) groups is 2. The number of rotatable bonds is 9. The van der Waals surface area contributed by atoms with Gasteiger partial charge < -0.3 is 20.3 Å². The van der Waals surface area contributed by atoms with Crippen molar-refractivity contribution in [3.63, 3.8) is 0 Å². The number of aromatic nitrogens is 2. The van der Waals surface area contributed by atoms with Crippen LogP contribution >= 0.6 is 0 Å². The van der Waals surface area contributed by atoms with Gasteiger partial charge in [-0.1, -0.05) is 40.2 Å². The van der Waals surface area contributed by atoms with Gasteiger partial charge >= 0.3 is 12.2 Å². The van der Waals surface area contributed by atoms with E-state index in [0.717, 1.165) is 24.2 Å². The lowest BCUT2D eigenvalue weighted by molar-refractivity contribution is -0.137. The molecule has 1 aromatic heterocycles. The smallest absolute Gasteiger partial charge is 0.416 e. The Balaban J connectivity index is 1.81. The molecule has 1 heterocycles. The zero-order chi connectivity index (χ0) is 28.8. The summed E-state index contributed by atoms with van der Waals surface area (Å²) in [4.78, 5) is 27.4. The molecule has 0 aliphatic rings. The van der Waals surface area contributed by atoms with Gasteiger partial charge in [0.25, 0.3) is 0 Å². The van der Waals surface area contributed by atoms with E-state index in [-0.39, 0.29) is 24.2 Å². The van der Waals surface area contributed by atoms with E-state index in [0.29, 0.717) is 23.7 Å². The molecule has 11 heteroatoms. The number of nitrogens with zero attached hydrogens (tertiary/aromatic N) is 3. The van der Waals surface area contributed by atoms with Gasteiger partial charge in [0.2, 0.25) is 5.91 Å². The third-order valence-corrected chi connectivity index (χ3v) is 5.91. The van der Waals surface area contributed by atoms with E-state index in [9.17, 15) is 22.8 Å². The van der Waals surface area contributed by atoms with Crippen molar-refractivity contribution in [3.8, 4) is 11.4 Å². The SMILES string of the molecule is CCCCN(CC(=O)Nc1cc(C(C)(C)C)nn1-c1ccc(OC)cc1)C(=O)Nc1cccc(C(F)(F)F)c1. The highest BCUT2D eigenvalue weighted by atomic mass is 19.4. The lowest BCUT2D eigenvalue weighted by Crippen LogP contribution is -2.41. The minimum absolute atomic E-state index is 0.0101. The van der Waals surface area contributed by atoms with Gasteiger partial charge in [0.05, 0.1) is 24.1 Å². The van der Waals surface area contributed by atoms with E-state index in [1.165, 1.54) is 17.0 Å². The van der Waals surface area contributed by atoms with Crippen molar-refractivity contribution in [1.82, 2.24) is 14.7 Å². The Morgan fingerprint density at radius 2 is 1.72 bits per heavy atom. The minimum atomic E-state index is -4.54. The van der Waals surface area contributed by atoms with Crippen LogP contribution in [0.15, 0.2) is 54.6 Å². The summed E-state index contributed by atoms with van der Waals surface area (Å²) in [6.07, 6.45) is -3.17. The van der Waals surface area contributed by atoms with Crippen molar-refractivity contribution in [2.45, 2.75) is 52.1 Å². The molecule has 0 atom stereocenters. The first-order valence-corrected chi connectivity index (χ1v) is 12.6. The van der Waals surface area contributed by atoms with Crippen LogP contribution in [0.5, 0.6) is 5.75 Å². The van der Waals surface area contributed by atoms with Crippen LogP contribution in [0.1, 0.15) is 51.8 Å². The van der Waals surface area contributed by atoms with Gasteiger partial charge in [-0.25, -0.2) is 9.48 Å². The molecule has 0 saturated carbocycles. The Hall–Kier alpha value is -4.02. The van der Waals surface area contributed by atoms with Crippen molar-refractivity contribution in [1.29, 1.82) is 0 Å². The van der Waals surface area contributed by atoms with Crippen LogP contribution in [0, 0.1) is 0 Å². The summed E-state index contributed by atoms with van der Waals surface area (Å²) >= 11 is 0. The van der Waals surface area contributed by atoms with Gasteiger partial charge in [-0.2, -0.15) is 18.3 Å². The molecule has 0 fully saturated rings. The van der Waals surface area contributed by atoms with E-state index in [2.05, 4.69) is 15.7 Å². The lowest BCUT2D eigenvalue weighted by atomic mass is 9.92. The van der Waals surface area contributed by atoms with Gasteiger partial charge in [0, 0.05) is 23.7 Å². The number of hydrogen-bond acceptors (Lipinski definition) is 4. The number of carbonyl (C=O) groups excluding carboxylic acids is 2. The van der Waals surface area contributed by atoms with E-state index in [4.69, 9.17) is 4.74 Å². The minimum Gasteiger partial charge on any atom is -0.497 e. The van der Waals surface area contributed by atoms with Crippen LogP contribution in [0.3, 0.4) is 0 Å². The molecule has 0 unspecified atom stereocenters. The van der Waals surface area contributed by atoms with Crippen LogP contribution in [0.4, 0.5) is 29.5 Å². The number of benzene rings is 2. The summed E-state index contributed by atoms with van der Waals surface area (Å²) in [5.74, 6) is 0.620. The highest BCUT2D eigenvalue weighted by Gasteiger charge is 2.31. The summed E-state index contributed by atoms with van der Waals surface area (Å²) in [7, 11) is 1.57. The predicted molar refractivity (Wildman–Crippen MR) is 144 cm³/mol. The second kappa shape index (κ2) is 12.2. The maximum absolute atomic E-state index is 13.1. The number of ether oxygens (including phenoxy) is 1. The number of amides is 3.